The van der Waals surface area contributed by atoms with Crippen molar-refractivity contribution in [1.29, 1.82) is 0 Å². The lowest BCUT2D eigenvalue weighted by molar-refractivity contribution is 0.0710. The van der Waals surface area contributed by atoms with Crippen molar-refractivity contribution in [2.45, 2.75) is 108 Å². The summed E-state index contributed by atoms with van der Waals surface area (Å²) in [5.41, 5.74) is 6.78. The molecule has 1 N–H and O–H groups in total. The molecule has 250 valence electrons. The highest BCUT2D eigenvalue weighted by molar-refractivity contribution is 7.94. The van der Waals surface area contributed by atoms with E-state index in [1.807, 2.05) is 35.0 Å². The first-order chi connectivity index (χ1) is 22.3. The topological polar surface area (TPSA) is 79.6 Å². The summed E-state index contributed by atoms with van der Waals surface area (Å²) in [4.78, 5) is 14.3. The Bertz CT molecular complexity index is 1870. The van der Waals surface area contributed by atoms with Gasteiger partial charge >= 0.3 is 0 Å². The maximum Gasteiger partial charge on any atom is 0.241 e. The summed E-state index contributed by atoms with van der Waals surface area (Å²) < 4.78 is 29.8. The first-order valence-corrected chi connectivity index (χ1v) is 18.8. The molecule has 2 aliphatic rings. The lowest BCUT2D eigenvalue weighted by atomic mass is 9.73. The van der Waals surface area contributed by atoms with Crippen molar-refractivity contribution in [3.05, 3.63) is 101 Å². The predicted molar refractivity (Wildman–Crippen MR) is 192 cm³/mol. The van der Waals surface area contributed by atoms with E-state index in [0.717, 1.165) is 47.7 Å². The van der Waals surface area contributed by atoms with Crippen LogP contribution in [-0.2, 0) is 34.8 Å². The van der Waals surface area contributed by atoms with Crippen LogP contribution < -0.4 is 4.31 Å². The van der Waals surface area contributed by atoms with Gasteiger partial charge in [-0.05, 0) is 99.5 Å². The van der Waals surface area contributed by atoms with Crippen LogP contribution in [0.15, 0.2) is 72.9 Å². The molecule has 0 spiro atoms. The molecule has 3 aromatic carbocycles. The Morgan fingerprint density at radius 2 is 1.72 bits per heavy atom. The Hall–Kier alpha value is -3.42. The largest absolute Gasteiger partial charge is 0.393 e. The van der Waals surface area contributed by atoms with Crippen LogP contribution >= 0.6 is 0 Å². The number of aryl methyl sites for hydroxylation is 2. The molecule has 1 fully saturated rings. The third-order valence-electron chi connectivity index (χ3n) is 11.1. The summed E-state index contributed by atoms with van der Waals surface area (Å²) in [6.45, 7) is 8.09. The van der Waals surface area contributed by atoms with Crippen molar-refractivity contribution < 1.29 is 18.3 Å². The Kier molecular flexibility index (Phi) is 9.18. The van der Waals surface area contributed by atoms with Gasteiger partial charge in [-0.2, -0.15) is 0 Å². The van der Waals surface area contributed by atoms with Gasteiger partial charge in [0.1, 0.15) is 4.75 Å². The van der Waals surface area contributed by atoms with Gasteiger partial charge in [-0.3, -0.25) is 9.10 Å². The lowest BCUT2D eigenvalue weighted by Gasteiger charge is -2.32. The van der Waals surface area contributed by atoms with Gasteiger partial charge in [0.15, 0.2) is 5.78 Å². The number of rotatable bonds is 11. The molecule has 0 unspecified atom stereocenters. The van der Waals surface area contributed by atoms with Gasteiger partial charge in [-0.25, -0.2) is 8.42 Å². The van der Waals surface area contributed by atoms with Gasteiger partial charge < -0.3 is 9.67 Å². The average molecular weight is 655 g/mol. The van der Waals surface area contributed by atoms with Crippen molar-refractivity contribution >= 4 is 32.4 Å². The zero-order valence-corrected chi connectivity index (χ0v) is 29.4. The van der Waals surface area contributed by atoms with Crippen molar-refractivity contribution in [3.8, 4) is 0 Å². The van der Waals surface area contributed by atoms with Gasteiger partial charge in [0.25, 0.3) is 0 Å². The number of benzene rings is 3. The van der Waals surface area contributed by atoms with Gasteiger partial charge in [0, 0.05) is 37.2 Å². The molecule has 1 aromatic heterocycles. The van der Waals surface area contributed by atoms with Crippen LogP contribution in [0.4, 0.5) is 5.69 Å². The number of carbonyl (C=O) groups excluding carboxylic acids is 1. The van der Waals surface area contributed by atoms with Crippen LogP contribution in [0, 0.1) is 12.8 Å². The highest BCUT2D eigenvalue weighted by Crippen LogP contribution is 2.46. The lowest BCUT2D eigenvalue weighted by Crippen LogP contribution is -2.44. The molecule has 2 heterocycles. The molecule has 0 amide bonds. The van der Waals surface area contributed by atoms with Crippen molar-refractivity contribution in [1.82, 2.24) is 4.57 Å². The molecule has 1 saturated carbocycles. The number of ketones is 1. The van der Waals surface area contributed by atoms with Crippen molar-refractivity contribution in [3.63, 3.8) is 0 Å². The maximum atomic E-state index is 14.3. The van der Waals surface area contributed by atoms with Crippen LogP contribution in [0.2, 0.25) is 0 Å². The van der Waals surface area contributed by atoms with E-state index < -0.39 is 20.9 Å². The molecule has 47 heavy (non-hydrogen) atoms. The quantitative estimate of drug-likeness (QED) is 0.166. The van der Waals surface area contributed by atoms with E-state index in [9.17, 15) is 18.3 Å². The fourth-order valence-electron chi connectivity index (χ4n) is 8.27. The van der Waals surface area contributed by atoms with E-state index in [-0.39, 0.29) is 23.5 Å². The number of anilines is 1. The normalized spacial score (nSPS) is 19.4. The third-order valence-corrected chi connectivity index (χ3v) is 13.6. The summed E-state index contributed by atoms with van der Waals surface area (Å²) >= 11 is 0. The molecule has 1 aliphatic carbocycles. The minimum absolute atomic E-state index is 0.0636. The molecule has 2 atom stereocenters. The van der Waals surface area contributed by atoms with Crippen LogP contribution in [-0.4, -0.2) is 41.8 Å². The number of hydrogen-bond acceptors (Lipinski definition) is 4. The first kappa shape index (κ1) is 33.5. The second kappa shape index (κ2) is 12.9. The van der Waals surface area contributed by atoms with E-state index in [0.29, 0.717) is 30.6 Å². The highest BCUT2D eigenvalue weighted by Gasteiger charge is 2.42. The van der Waals surface area contributed by atoms with Gasteiger partial charge in [0.05, 0.1) is 17.3 Å². The molecular weight excluding hydrogens is 605 g/mol. The molecule has 0 bridgehead atoms. The second-order valence-corrected chi connectivity index (χ2v) is 17.4. The maximum absolute atomic E-state index is 14.3. The number of hydrogen-bond donors (Lipinski definition) is 1. The number of carbonyl (C=O) groups is 1. The monoisotopic (exact) mass is 654 g/mol. The molecular formula is C40H50N2O4S. The molecule has 6 rings (SSSR count). The Morgan fingerprint density at radius 3 is 2.40 bits per heavy atom. The van der Waals surface area contributed by atoms with Gasteiger partial charge in [-0.1, -0.05) is 79.9 Å². The SMILES string of the molecule is CCc1cn2c3c(cc(C(=O)C[C@@H](Cc4ccccc4)[C@H](O)CCC4(c5cccc(C)c5)CCCC4)cc13)N(C)S(=O)(=O)C(C)(C)C2. The number of aliphatic hydroxyl groups is 1. The minimum Gasteiger partial charge on any atom is -0.393 e. The molecule has 0 saturated heterocycles. The fourth-order valence-corrected chi connectivity index (χ4v) is 9.72. The zero-order valence-electron chi connectivity index (χ0n) is 28.6. The highest BCUT2D eigenvalue weighted by atomic mass is 32.2. The van der Waals surface area contributed by atoms with Crippen LogP contribution in [0.5, 0.6) is 0 Å². The number of Topliss-reactive ketones (excluding diaryl/α,β-unsaturated/α-hetero) is 1. The summed E-state index contributed by atoms with van der Waals surface area (Å²) in [6, 6.07) is 22.7. The Morgan fingerprint density at radius 1 is 1.00 bits per heavy atom. The van der Waals surface area contributed by atoms with Crippen LogP contribution in [0.1, 0.15) is 98.3 Å². The summed E-state index contributed by atoms with van der Waals surface area (Å²) in [5.74, 6) is -0.340. The molecule has 7 heteroatoms. The van der Waals surface area contributed by atoms with E-state index in [4.69, 9.17) is 0 Å². The second-order valence-electron chi connectivity index (χ2n) is 14.8. The number of aromatic nitrogens is 1. The number of aliphatic hydroxyl groups excluding tert-OH is 1. The smallest absolute Gasteiger partial charge is 0.241 e. The summed E-state index contributed by atoms with van der Waals surface area (Å²) in [5, 5.41) is 12.8. The third kappa shape index (κ3) is 6.29. The standard InChI is InChI=1S/C40H50N2O4S/c1-6-30-26-42-27-39(3,4)47(45,46)41(5)35-24-32(23-34(30)38(35)42)37(44)25-31(22-29-14-8-7-9-15-29)36(43)17-20-40(18-10-11-19-40)33-16-12-13-28(2)21-33/h7-9,12-16,21,23-24,26,31,36,43H,6,10-11,17-20,22,25,27H2,1-5H3/t31-,36-/m1/s1. The van der Waals surface area contributed by atoms with Crippen molar-refractivity contribution in [2.24, 2.45) is 5.92 Å². The van der Waals surface area contributed by atoms with E-state index in [1.165, 1.54) is 28.3 Å². The predicted octanol–water partition coefficient (Wildman–Crippen LogP) is 8.16. The average Bonchev–Trinajstić information content (AvgIpc) is 3.67. The molecule has 6 nitrogen and oxygen atoms in total. The summed E-state index contributed by atoms with van der Waals surface area (Å²) in [6.07, 6.45) is 9.11. The van der Waals surface area contributed by atoms with Gasteiger partial charge in [-0.15, -0.1) is 0 Å². The van der Waals surface area contributed by atoms with E-state index in [1.54, 1.807) is 27.0 Å². The molecule has 0 radical (unpaired) electrons. The zero-order chi connectivity index (χ0) is 33.6. The summed E-state index contributed by atoms with van der Waals surface area (Å²) in [7, 11) is -2.08. The molecule has 4 aromatic rings. The first-order valence-electron chi connectivity index (χ1n) is 17.3. The van der Waals surface area contributed by atoms with Crippen LogP contribution in [0.3, 0.4) is 0 Å². The van der Waals surface area contributed by atoms with E-state index >= 15 is 0 Å². The molecule has 1 aliphatic heterocycles. The number of nitrogens with zero attached hydrogens (tertiary/aromatic N) is 2. The Labute approximate surface area is 280 Å². The van der Waals surface area contributed by atoms with Crippen LogP contribution in [0.25, 0.3) is 10.9 Å². The Balaban J connectivity index is 1.32. The number of sulfonamides is 1. The minimum atomic E-state index is -3.69. The fraction of sp³-hybridized carbons (Fsp3) is 0.475. The van der Waals surface area contributed by atoms with Crippen molar-refractivity contribution in [2.75, 3.05) is 11.4 Å². The van der Waals surface area contributed by atoms with Gasteiger partial charge in [0.2, 0.25) is 10.0 Å². The van der Waals surface area contributed by atoms with E-state index in [2.05, 4.69) is 50.2 Å².